The fourth-order valence-corrected chi connectivity index (χ4v) is 2.84. The lowest BCUT2D eigenvalue weighted by molar-refractivity contribution is -0.00269. The van der Waals surface area contributed by atoms with Crippen LogP contribution in [-0.4, -0.2) is 50.0 Å². The first kappa shape index (κ1) is 18.1. The van der Waals surface area contributed by atoms with E-state index in [-0.39, 0.29) is 6.10 Å². The highest BCUT2D eigenvalue weighted by Crippen LogP contribution is 2.20. The molecule has 0 aliphatic carbocycles. The van der Waals surface area contributed by atoms with Gasteiger partial charge in [-0.3, -0.25) is 4.90 Å². The Morgan fingerprint density at radius 1 is 1.22 bits per heavy atom. The van der Waals surface area contributed by atoms with Crippen LogP contribution in [0.1, 0.15) is 40.0 Å². The van der Waals surface area contributed by atoms with Crippen LogP contribution in [0.5, 0.6) is 11.5 Å². The fourth-order valence-electron chi connectivity index (χ4n) is 2.84. The van der Waals surface area contributed by atoms with Crippen molar-refractivity contribution in [1.29, 1.82) is 0 Å². The third kappa shape index (κ3) is 6.80. The molecule has 1 heterocycles. The first-order valence-corrected chi connectivity index (χ1v) is 8.91. The van der Waals surface area contributed by atoms with Crippen molar-refractivity contribution >= 4 is 0 Å². The summed E-state index contributed by atoms with van der Waals surface area (Å²) in [6, 6.07) is 7.88. The van der Waals surface area contributed by atoms with Crippen LogP contribution in [0.4, 0.5) is 0 Å². The summed E-state index contributed by atoms with van der Waals surface area (Å²) < 4.78 is 17.5. The molecular weight excluding hydrogens is 290 g/mol. The predicted octanol–water partition coefficient (Wildman–Crippen LogP) is 3.74. The van der Waals surface area contributed by atoms with Crippen molar-refractivity contribution in [3.05, 3.63) is 24.3 Å². The fraction of sp³-hybridized carbons (Fsp3) is 0.684. The van der Waals surface area contributed by atoms with Crippen LogP contribution in [-0.2, 0) is 4.74 Å². The molecule has 0 radical (unpaired) electrons. The Bertz CT molecular complexity index is 450. The lowest BCUT2D eigenvalue weighted by atomic mass is 10.1. The van der Waals surface area contributed by atoms with Gasteiger partial charge in [-0.05, 0) is 51.8 Å². The quantitative estimate of drug-likeness (QED) is 0.693. The maximum Gasteiger partial charge on any atom is 0.123 e. The number of ether oxygens (including phenoxy) is 3. The average molecular weight is 321 g/mol. The topological polar surface area (TPSA) is 30.9 Å². The maximum atomic E-state index is 5.88. The van der Waals surface area contributed by atoms with Crippen LogP contribution in [0.25, 0.3) is 0 Å². The highest BCUT2D eigenvalue weighted by atomic mass is 16.5. The molecule has 1 aliphatic rings. The molecule has 1 aliphatic heterocycles. The summed E-state index contributed by atoms with van der Waals surface area (Å²) in [5, 5.41) is 0. The van der Waals surface area contributed by atoms with Gasteiger partial charge < -0.3 is 14.2 Å². The first-order valence-electron chi connectivity index (χ1n) is 8.91. The molecule has 1 unspecified atom stereocenters. The van der Waals surface area contributed by atoms with E-state index in [2.05, 4.69) is 11.8 Å². The first-order chi connectivity index (χ1) is 11.2. The second-order valence-electron chi connectivity index (χ2n) is 6.43. The van der Waals surface area contributed by atoms with Gasteiger partial charge in [0.2, 0.25) is 0 Å². The molecule has 1 aromatic rings. The van der Waals surface area contributed by atoms with Gasteiger partial charge in [0.15, 0.2) is 0 Å². The zero-order valence-electron chi connectivity index (χ0n) is 14.8. The average Bonchev–Trinajstić information content (AvgIpc) is 2.53. The molecule has 1 saturated heterocycles. The summed E-state index contributed by atoms with van der Waals surface area (Å²) in [5.41, 5.74) is 0. The van der Waals surface area contributed by atoms with Crippen molar-refractivity contribution in [2.45, 2.75) is 52.2 Å². The molecule has 1 aromatic carbocycles. The smallest absolute Gasteiger partial charge is 0.123 e. The molecule has 1 atom stereocenters. The summed E-state index contributed by atoms with van der Waals surface area (Å²) in [4.78, 5) is 2.44. The van der Waals surface area contributed by atoms with Crippen molar-refractivity contribution < 1.29 is 14.2 Å². The van der Waals surface area contributed by atoms with Gasteiger partial charge in [-0.1, -0.05) is 13.0 Å². The summed E-state index contributed by atoms with van der Waals surface area (Å²) in [6.45, 7) is 10.9. The van der Waals surface area contributed by atoms with Gasteiger partial charge in [0, 0.05) is 25.8 Å². The van der Waals surface area contributed by atoms with E-state index in [1.807, 2.05) is 38.1 Å². The summed E-state index contributed by atoms with van der Waals surface area (Å²) in [6.07, 6.45) is 4.07. The Kier molecular flexibility index (Phi) is 7.69. The number of likely N-dealkylation sites (tertiary alicyclic amines) is 1. The van der Waals surface area contributed by atoms with Gasteiger partial charge >= 0.3 is 0 Å². The van der Waals surface area contributed by atoms with Crippen LogP contribution in [0.3, 0.4) is 0 Å². The molecule has 4 nitrogen and oxygen atoms in total. The van der Waals surface area contributed by atoms with E-state index in [1.165, 1.54) is 12.8 Å². The number of hydrogen-bond donors (Lipinski definition) is 0. The third-order valence-electron chi connectivity index (χ3n) is 3.87. The standard InChI is InChI=1S/C19H31NO3/c1-4-12-21-19-9-6-10-20(15-19)11-13-22-17-7-5-8-18(14-17)23-16(2)3/h5,7-8,14,16,19H,4,6,9-13,15H2,1-3H3. The minimum Gasteiger partial charge on any atom is -0.492 e. The predicted molar refractivity (Wildman–Crippen MR) is 93.4 cm³/mol. The van der Waals surface area contributed by atoms with E-state index >= 15 is 0 Å². The maximum absolute atomic E-state index is 5.88. The van der Waals surface area contributed by atoms with Crippen molar-refractivity contribution in [1.82, 2.24) is 4.90 Å². The van der Waals surface area contributed by atoms with Gasteiger partial charge in [-0.25, -0.2) is 0 Å². The molecule has 0 bridgehead atoms. The molecule has 23 heavy (non-hydrogen) atoms. The van der Waals surface area contributed by atoms with E-state index in [0.29, 0.717) is 12.7 Å². The minimum atomic E-state index is 0.179. The molecular formula is C19H31NO3. The normalized spacial score (nSPS) is 19.0. The van der Waals surface area contributed by atoms with Crippen LogP contribution in [0.2, 0.25) is 0 Å². The highest BCUT2D eigenvalue weighted by molar-refractivity contribution is 5.33. The molecule has 0 saturated carbocycles. The Morgan fingerprint density at radius 3 is 2.83 bits per heavy atom. The van der Waals surface area contributed by atoms with Gasteiger partial charge in [0.1, 0.15) is 18.1 Å². The molecule has 0 aromatic heterocycles. The lowest BCUT2D eigenvalue weighted by Crippen LogP contribution is -2.41. The summed E-state index contributed by atoms with van der Waals surface area (Å²) >= 11 is 0. The number of benzene rings is 1. The van der Waals surface area contributed by atoms with Crippen LogP contribution in [0, 0.1) is 0 Å². The number of hydrogen-bond acceptors (Lipinski definition) is 4. The molecule has 2 rings (SSSR count). The zero-order valence-corrected chi connectivity index (χ0v) is 14.8. The summed E-state index contributed by atoms with van der Waals surface area (Å²) in [5.74, 6) is 1.74. The van der Waals surface area contributed by atoms with E-state index in [4.69, 9.17) is 14.2 Å². The summed E-state index contributed by atoms with van der Waals surface area (Å²) in [7, 11) is 0. The number of piperidine rings is 1. The van der Waals surface area contributed by atoms with Crippen LogP contribution in [0.15, 0.2) is 24.3 Å². The lowest BCUT2D eigenvalue weighted by Gasteiger charge is -2.32. The van der Waals surface area contributed by atoms with Crippen molar-refractivity contribution in [2.75, 3.05) is 32.8 Å². The van der Waals surface area contributed by atoms with Crippen molar-refractivity contribution in [2.24, 2.45) is 0 Å². The Morgan fingerprint density at radius 2 is 2.04 bits per heavy atom. The number of nitrogens with zero attached hydrogens (tertiary/aromatic N) is 1. The van der Waals surface area contributed by atoms with E-state index in [9.17, 15) is 0 Å². The molecule has 0 N–H and O–H groups in total. The van der Waals surface area contributed by atoms with Crippen LogP contribution < -0.4 is 9.47 Å². The van der Waals surface area contributed by atoms with Gasteiger partial charge in [-0.15, -0.1) is 0 Å². The molecule has 4 heteroatoms. The molecule has 1 fully saturated rings. The Labute approximate surface area is 140 Å². The Balaban J connectivity index is 1.72. The van der Waals surface area contributed by atoms with Crippen molar-refractivity contribution in [3.63, 3.8) is 0 Å². The molecule has 0 spiro atoms. The zero-order chi connectivity index (χ0) is 16.5. The van der Waals surface area contributed by atoms with Gasteiger partial charge in [0.25, 0.3) is 0 Å². The monoisotopic (exact) mass is 321 g/mol. The third-order valence-corrected chi connectivity index (χ3v) is 3.87. The van der Waals surface area contributed by atoms with Gasteiger partial charge in [-0.2, -0.15) is 0 Å². The van der Waals surface area contributed by atoms with Gasteiger partial charge in [0.05, 0.1) is 12.2 Å². The van der Waals surface area contributed by atoms with E-state index in [1.54, 1.807) is 0 Å². The SMILES string of the molecule is CCCOC1CCCN(CCOc2cccc(OC(C)C)c2)C1. The largest absolute Gasteiger partial charge is 0.492 e. The van der Waals surface area contributed by atoms with E-state index < -0.39 is 0 Å². The number of rotatable bonds is 9. The van der Waals surface area contributed by atoms with E-state index in [0.717, 1.165) is 44.2 Å². The van der Waals surface area contributed by atoms with Crippen molar-refractivity contribution in [3.8, 4) is 11.5 Å². The minimum absolute atomic E-state index is 0.179. The highest BCUT2D eigenvalue weighted by Gasteiger charge is 2.19. The van der Waals surface area contributed by atoms with Crippen LogP contribution >= 0.6 is 0 Å². The molecule has 0 amide bonds. The molecule has 130 valence electrons. The second kappa shape index (κ2) is 9.78. The second-order valence-corrected chi connectivity index (χ2v) is 6.43. The Hall–Kier alpha value is -1.26.